The van der Waals surface area contributed by atoms with Crippen molar-refractivity contribution in [2.24, 2.45) is 5.73 Å². The second kappa shape index (κ2) is 9.13. The van der Waals surface area contributed by atoms with Crippen LogP contribution in [-0.4, -0.2) is 39.0 Å². The van der Waals surface area contributed by atoms with Crippen LogP contribution < -0.4 is 10.6 Å². The first-order valence-corrected chi connectivity index (χ1v) is 10.7. The average molecular weight is 410 g/mol. The Bertz CT molecular complexity index is 979. The van der Waals surface area contributed by atoms with E-state index in [0.717, 1.165) is 35.7 Å². The summed E-state index contributed by atoms with van der Waals surface area (Å²) in [6.45, 7) is 10.0. The number of thioether (sulfide) groups is 1. The molecule has 0 fully saturated rings. The first-order valence-electron chi connectivity index (χ1n) is 9.79. The van der Waals surface area contributed by atoms with Crippen molar-refractivity contribution < 1.29 is 4.79 Å². The molecule has 6 nitrogen and oxygen atoms in total. The molecule has 2 aromatic carbocycles. The fourth-order valence-electron chi connectivity index (χ4n) is 3.19. The summed E-state index contributed by atoms with van der Waals surface area (Å²) < 4.78 is 2.01. The number of carbonyl (C=O) groups is 1. The van der Waals surface area contributed by atoms with E-state index in [0.29, 0.717) is 5.16 Å². The molecule has 0 spiro atoms. The molecule has 0 aliphatic rings. The largest absolute Gasteiger partial charge is 0.372 e. The summed E-state index contributed by atoms with van der Waals surface area (Å²) in [4.78, 5) is 13.9. The van der Waals surface area contributed by atoms with E-state index in [-0.39, 0.29) is 5.91 Å². The zero-order valence-corrected chi connectivity index (χ0v) is 18.1. The SMILES string of the molecule is CCN(CC)c1ccc(-c2nnc(S[C@H](C)C(N)=O)n2-c2ccccc2C)cc1. The minimum Gasteiger partial charge on any atom is -0.372 e. The van der Waals surface area contributed by atoms with E-state index >= 15 is 0 Å². The van der Waals surface area contributed by atoms with Crippen molar-refractivity contribution in [3.05, 3.63) is 54.1 Å². The van der Waals surface area contributed by atoms with Crippen LogP contribution >= 0.6 is 11.8 Å². The van der Waals surface area contributed by atoms with Gasteiger partial charge in [0.25, 0.3) is 0 Å². The van der Waals surface area contributed by atoms with Crippen LogP contribution in [0.25, 0.3) is 17.1 Å². The lowest BCUT2D eigenvalue weighted by molar-refractivity contribution is -0.117. The van der Waals surface area contributed by atoms with Crippen molar-refractivity contribution in [3.63, 3.8) is 0 Å². The summed E-state index contributed by atoms with van der Waals surface area (Å²) in [7, 11) is 0. The summed E-state index contributed by atoms with van der Waals surface area (Å²) >= 11 is 1.32. The van der Waals surface area contributed by atoms with Gasteiger partial charge < -0.3 is 10.6 Å². The Morgan fingerprint density at radius 3 is 2.34 bits per heavy atom. The molecule has 7 heteroatoms. The first-order chi connectivity index (χ1) is 14.0. The first kappa shape index (κ1) is 20.9. The summed E-state index contributed by atoms with van der Waals surface area (Å²) in [5.41, 5.74) is 9.70. The van der Waals surface area contributed by atoms with Gasteiger partial charge in [0.05, 0.1) is 10.9 Å². The summed E-state index contributed by atoms with van der Waals surface area (Å²) in [6, 6.07) is 16.4. The van der Waals surface area contributed by atoms with Crippen LogP contribution in [0, 0.1) is 6.92 Å². The Balaban J connectivity index is 2.08. The van der Waals surface area contributed by atoms with Crippen molar-refractivity contribution >= 4 is 23.4 Å². The quantitative estimate of drug-likeness (QED) is 0.568. The Morgan fingerprint density at radius 1 is 1.10 bits per heavy atom. The van der Waals surface area contributed by atoms with Gasteiger partial charge in [-0.2, -0.15) is 0 Å². The van der Waals surface area contributed by atoms with Crippen LogP contribution in [-0.2, 0) is 4.79 Å². The van der Waals surface area contributed by atoms with E-state index in [1.54, 1.807) is 6.92 Å². The number of primary amides is 1. The maximum Gasteiger partial charge on any atom is 0.230 e. The monoisotopic (exact) mass is 409 g/mol. The van der Waals surface area contributed by atoms with E-state index in [4.69, 9.17) is 5.73 Å². The normalized spacial score (nSPS) is 12.0. The third kappa shape index (κ3) is 4.45. The summed E-state index contributed by atoms with van der Waals surface area (Å²) in [5, 5.41) is 9.08. The number of anilines is 1. The highest BCUT2D eigenvalue weighted by Crippen LogP contribution is 2.32. The van der Waals surface area contributed by atoms with E-state index < -0.39 is 5.25 Å². The standard InChI is InChI=1S/C22H27N5OS/c1-5-26(6-2)18-13-11-17(12-14-18)21-24-25-22(29-16(4)20(23)28)27(21)19-10-8-7-9-15(19)3/h7-14,16H,5-6H2,1-4H3,(H2,23,28)/t16-/m1/s1. The summed E-state index contributed by atoms with van der Waals surface area (Å²) in [5.74, 6) is 0.365. The number of hydrogen-bond acceptors (Lipinski definition) is 5. The van der Waals surface area contributed by atoms with Crippen LogP contribution in [0.4, 0.5) is 5.69 Å². The minimum atomic E-state index is -0.403. The van der Waals surface area contributed by atoms with Gasteiger partial charge in [-0.05, 0) is 63.6 Å². The highest BCUT2D eigenvalue weighted by molar-refractivity contribution is 8.00. The molecule has 1 heterocycles. The van der Waals surface area contributed by atoms with Crippen molar-refractivity contribution in [3.8, 4) is 17.1 Å². The molecule has 0 saturated heterocycles. The molecule has 0 unspecified atom stereocenters. The smallest absolute Gasteiger partial charge is 0.230 e. The maximum absolute atomic E-state index is 11.6. The predicted molar refractivity (Wildman–Crippen MR) is 120 cm³/mol. The second-order valence-corrected chi connectivity index (χ2v) is 8.12. The van der Waals surface area contributed by atoms with Crippen molar-refractivity contribution in [1.29, 1.82) is 0 Å². The van der Waals surface area contributed by atoms with Gasteiger partial charge in [0, 0.05) is 24.3 Å². The lowest BCUT2D eigenvalue weighted by Crippen LogP contribution is -2.23. The molecule has 1 atom stereocenters. The molecule has 29 heavy (non-hydrogen) atoms. The van der Waals surface area contributed by atoms with E-state index in [2.05, 4.69) is 66.2 Å². The van der Waals surface area contributed by atoms with Gasteiger partial charge in [-0.15, -0.1) is 10.2 Å². The third-order valence-corrected chi connectivity index (χ3v) is 5.99. The van der Waals surface area contributed by atoms with Crippen LogP contribution in [0.2, 0.25) is 0 Å². The number of aromatic nitrogens is 3. The molecule has 3 aromatic rings. The number of carbonyl (C=O) groups excluding carboxylic acids is 1. The van der Waals surface area contributed by atoms with Gasteiger partial charge in [0.15, 0.2) is 11.0 Å². The molecular weight excluding hydrogens is 382 g/mol. The van der Waals surface area contributed by atoms with Gasteiger partial charge in [-0.25, -0.2) is 0 Å². The molecule has 3 rings (SSSR count). The van der Waals surface area contributed by atoms with Crippen molar-refractivity contribution in [1.82, 2.24) is 14.8 Å². The van der Waals surface area contributed by atoms with E-state index in [1.807, 2.05) is 22.8 Å². The highest BCUT2D eigenvalue weighted by Gasteiger charge is 2.21. The topological polar surface area (TPSA) is 77.0 Å². The number of aryl methyl sites for hydroxylation is 1. The van der Waals surface area contributed by atoms with Gasteiger partial charge in [0.2, 0.25) is 5.91 Å². The molecule has 2 N–H and O–H groups in total. The molecular formula is C22H27N5OS. The highest BCUT2D eigenvalue weighted by atomic mass is 32.2. The van der Waals surface area contributed by atoms with Gasteiger partial charge >= 0.3 is 0 Å². The fraction of sp³-hybridized carbons (Fsp3) is 0.318. The Labute approximate surface area is 176 Å². The fourth-order valence-corrected chi connectivity index (χ4v) is 4.00. The maximum atomic E-state index is 11.6. The molecule has 0 aliphatic heterocycles. The number of amides is 1. The number of nitrogens with two attached hydrogens (primary N) is 1. The number of rotatable bonds is 8. The number of benzene rings is 2. The number of hydrogen-bond donors (Lipinski definition) is 1. The molecule has 152 valence electrons. The molecule has 0 radical (unpaired) electrons. The van der Waals surface area contributed by atoms with Crippen molar-refractivity contribution in [2.45, 2.75) is 38.1 Å². The van der Waals surface area contributed by atoms with Gasteiger partial charge in [-0.1, -0.05) is 30.0 Å². The van der Waals surface area contributed by atoms with Gasteiger partial charge in [-0.3, -0.25) is 9.36 Å². The van der Waals surface area contributed by atoms with Crippen LogP contribution in [0.15, 0.2) is 53.7 Å². The Hall–Kier alpha value is -2.80. The molecule has 0 aliphatic carbocycles. The molecule has 0 saturated carbocycles. The third-order valence-electron chi connectivity index (χ3n) is 4.93. The summed E-state index contributed by atoms with van der Waals surface area (Å²) in [6.07, 6.45) is 0. The lowest BCUT2D eigenvalue weighted by atomic mass is 10.1. The Kier molecular flexibility index (Phi) is 6.59. The zero-order valence-electron chi connectivity index (χ0n) is 17.3. The van der Waals surface area contributed by atoms with Crippen molar-refractivity contribution in [2.75, 3.05) is 18.0 Å². The Morgan fingerprint density at radius 2 is 1.76 bits per heavy atom. The predicted octanol–water partition coefficient (Wildman–Crippen LogP) is 4.05. The zero-order chi connectivity index (χ0) is 21.0. The van der Waals surface area contributed by atoms with Crippen LogP contribution in [0.1, 0.15) is 26.3 Å². The van der Waals surface area contributed by atoms with E-state index in [9.17, 15) is 4.79 Å². The number of nitrogens with zero attached hydrogens (tertiary/aromatic N) is 4. The lowest BCUT2D eigenvalue weighted by Gasteiger charge is -2.21. The van der Waals surface area contributed by atoms with E-state index in [1.165, 1.54) is 17.4 Å². The van der Waals surface area contributed by atoms with Gasteiger partial charge in [0.1, 0.15) is 0 Å². The molecule has 1 amide bonds. The minimum absolute atomic E-state index is 0.376. The van der Waals surface area contributed by atoms with Crippen LogP contribution in [0.3, 0.4) is 0 Å². The second-order valence-electron chi connectivity index (χ2n) is 6.81. The molecule has 0 bridgehead atoms. The average Bonchev–Trinajstić information content (AvgIpc) is 3.13. The van der Waals surface area contributed by atoms with Crippen LogP contribution in [0.5, 0.6) is 0 Å². The molecule has 1 aromatic heterocycles. The number of para-hydroxylation sites is 1.